The van der Waals surface area contributed by atoms with E-state index < -0.39 is 0 Å². The second-order valence-corrected chi connectivity index (χ2v) is 5.41. The number of rotatable bonds is 1. The van der Waals surface area contributed by atoms with E-state index in [4.69, 9.17) is 0 Å². The van der Waals surface area contributed by atoms with E-state index in [1.807, 2.05) is 4.90 Å². The maximum absolute atomic E-state index is 12.1. The van der Waals surface area contributed by atoms with Gasteiger partial charge in [-0.05, 0) is 30.3 Å². The van der Waals surface area contributed by atoms with Crippen molar-refractivity contribution in [3.63, 3.8) is 0 Å². The van der Waals surface area contributed by atoms with Gasteiger partial charge < -0.3 is 10.2 Å². The topological polar surface area (TPSA) is 75.2 Å². The Morgan fingerprint density at radius 1 is 1.50 bits per heavy atom. The Balaban J connectivity index is 1.67. The smallest absolute Gasteiger partial charge is 0.275 e. The van der Waals surface area contributed by atoms with E-state index >= 15 is 0 Å². The van der Waals surface area contributed by atoms with Gasteiger partial charge in [-0.2, -0.15) is 0 Å². The zero-order valence-corrected chi connectivity index (χ0v) is 10.7. The van der Waals surface area contributed by atoms with Crippen molar-refractivity contribution in [3.05, 3.63) is 11.1 Å². The molecule has 0 spiro atoms. The summed E-state index contributed by atoms with van der Waals surface area (Å²) in [4.78, 5) is 25.3. The van der Waals surface area contributed by atoms with Gasteiger partial charge in [-0.3, -0.25) is 9.59 Å². The van der Waals surface area contributed by atoms with Gasteiger partial charge in [0.2, 0.25) is 5.91 Å². The first-order valence-electron chi connectivity index (χ1n) is 6.10. The van der Waals surface area contributed by atoms with Crippen LogP contribution in [-0.2, 0) is 4.79 Å². The van der Waals surface area contributed by atoms with Gasteiger partial charge in [-0.1, -0.05) is 4.49 Å². The Kier molecular flexibility index (Phi) is 2.99. The second-order valence-electron chi connectivity index (χ2n) is 4.80. The van der Waals surface area contributed by atoms with Gasteiger partial charge in [0.25, 0.3) is 5.91 Å². The Bertz CT molecular complexity index is 462. The Morgan fingerprint density at radius 2 is 2.39 bits per heavy atom. The summed E-state index contributed by atoms with van der Waals surface area (Å²) in [5, 5.41) is 8.50. The van der Waals surface area contributed by atoms with Crippen molar-refractivity contribution in [2.75, 3.05) is 13.1 Å². The second kappa shape index (κ2) is 4.64. The van der Waals surface area contributed by atoms with Crippen LogP contribution in [0.25, 0.3) is 0 Å². The van der Waals surface area contributed by atoms with Gasteiger partial charge in [0, 0.05) is 30.9 Å². The molecule has 2 atom stereocenters. The van der Waals surface area contributed by atoms with Gasteiger partial charge in [0.05, 0.1) is 0 Å². The monoisotopic (exact) mass is 266 g/mol. The predicted molar refractivity (Wildman–Crippen MR) is 65.1 cm³/mol. The molecular formula is C11H14N4O2S. The first kappa shape index (κ1) is 11.6. The molecule has 3 rings (SSSR count). The molecule has 1 aromatic rings. The van der Waals surface area contributed by atoms with E-state index in [1.54, 1.807) is 5.38 Å². The number of likely N-dealkylation sites (tertiary alicyclic amines) is 1. The van der Waals surface area contributed by atoms with Crippen molar-refractivity contribution in [1.82, 2.24) is 19.8 Å². The van der Waals surface area contributed by atoms with E-state index in [0.29, 0.717) is 31.1 Å². The Labute approximate surface area is 109 Å². The number of piperidine rings is 2. The third-order valence-corrected chi connectivity index (χ3v) is 4.19. The SMILES string of the molecule is O=C1CCC2CN(C(=O)c3csnn3)CCC2N1. The molecule has 1 aromatic heterocycles. The molecule has 2 fully saturated rings. The highest BCUT2D eigenvalue weighted by Gasteiger charge is 2.35. The molecule has 6 nitrogen and oxygen atoms in total. The highest BCUT2D eigenvalue weighted by Crippen LogP contribution is 2.26. The van der Waals surface area contributed by atoms with Crippen LogP contribution in [-0.4, -0.2) is 45.4 Å². The minimum atomic E-state index is -0.0425. The van der Waals surface area contributed by atoms with Crippen LogP contribution in [0.3, 0.4) is 0 Å². The van der Waals surface area contributed by atoms with Crippen molar-refractivity contribution >= 4 is 23.3 Å². The number of nitrogens with zero attached hydrogens (tertiary/aromatic N) is 3. The zero-order chi connectivity index (χ0) is 12.5. The number of fused-ring (bicyclic) bond motifs is 1. The molecule has 2 unspecified atom stereocenters. The van der Waals surface area contributed by atoms with Crippen molar-refractivity contribution in [3.8, 4) is 0 Å². The maximum Gasteiger partial charge on any atom is 0.275 e. The summed E-state index contributed by atoms with van der Waals surface area (Å²) < 4.78 is 3.72. The fraction of sp³-hybridized carbons (Fsp3) is 0.636. The lowest BCUT2D eigenvalue weighted by Crippen LogP contribution is -2.55. The van der Waals surface area contributed by atoms with Gasteiger partial charge in [-0.25, -0.2) is 0 Å². The third kappa shape index (κ3) is 2.10. The lowest BCUT2D eigenvalue weighted by molar-refractivity contribution is -0.125. The highest BCUT2D eigenvalue weighted by atomic mass is 32.1. The molecule has 0 radical (unpaired) electrons. The van der Waals surface area contributed by atoms with Crippen LogP contribution in [0.15, 0.2) is 5.38 Å². The molecule has 3 heterocycles. The summed E-state index contributed by atoms with van der Waals surface area (Å²) in [7, 11) is 0. The summed E-state index contributed by atoms with van der Waals surface area (Å²) in [6, 6.07) is 0.240. The molecule has 18 heavy (non-hydrogen) atoms. The molecular weight excluding hydrogens is 252 g/mol. The number of carbonyl (C=O) groups is 2. The van der Waals surface area contributed by atoms with Crippen LogP contribution in [0.5, 0.6) is 0 Å². The molecule has 7 heteroatoms. The Hall–Kier alpha value is -1.50. The van der Waals surface area contributed by atoms with Crippen molar-refractivity contribution < 1.29 is 9.59 Å². The minimum absolute atomic E-state index is 0.0425. The van der Waals surface area contributed by atoms with Crippen LogP contribution in [0.1, 0.15) is 29.8 Å². The van der Waals surface area contributed by atoms with Crippen LogP contribution >= 0.6 is 11.5 Å². The lowest BCUT2D eigenvalue weighted by atomic mass is 9.85. The van der Waals surface area contributed by atoms with E-state index in [0.717, 1.165) is 12.8 Å². The average Bonchev–Trinajstić information content (AvgIpc) is 2.91. The van der Waals surface area contributed by atoms with Crippen LogP contribution in [0.2, 0.25) is 0 Å². The fourth-order valence-electron chi connectivity index (χ4n) is 2.71. The lowest BCUT2D eigenvalue weighted by Gasteiger charge is -2.41. The first-order chi connectivity index (χ1) is 8.74. The summed E-state index contributed by atoms with van der Waals surface area (Å²) in [6.45, 7) is 1.39. The van der Waals surface area contributed by atoms with Crippen molar-refractivity contribution in [2.45, 2.75) is 25.3 Å². The van der Waals surface area contributed by atoms with E-state index in [1.165, 1.54) is 11.5 Å². The molecule has 96 valence electrons. The van der Waals surface area contributed by atoms with E-state index in [-0.39, 0.29) is 17.9 Å². The van der Waals surface area contributed by atoms with Gasteiger partial charge in [0.15, 0.2) is 5.69 Å². The number of aromatic nitrogens is 2. The van der Waals surface area contributed by atoms with Crippen LogP contribution in [0, 0.1) is 5.92 Å². The molecule has 0 saturated carbocycles. The summed E-state index contributed by atoms with van der Waals surface area (Å²) in [5.74, 6) is 0.478. The molecule has 2 aliphatic rings. The van der Waals surface area contributed by atoms with E-state index in [2.05, 4.69) is 14.9 Å². The first-order valence-corrected chi connectivity index (χ1v) is 6.93. The molecule has 0 aliphatic carbocycles. The molecule has 1 N–H and O–H groups in total. The van der Waals surface area contributed by atoms with Crippen molar-refractivity contribution in [2.24, 2.45) is 5.92 Å². The average molecular weight is 266 g/mol. The normalized spacial score (nSPS) is 27.6. The predicted octanol–water partition coefficient (Wildman–Crippen LogP) is 0.279. The summed E-state index contributed by atoms with van der Waals surface area (Å²) in [5.41, 5.74) is 0.429. The quantitative estimate of drug-likeness (QED) is 0.792. The third-order valence-electron chi connectivity index (χ3n) is 3.69. The minimum Gasteiger partial charge on any atom is -0.353 e. The summed E-state index contributed by atoms with van der Waals surface area (Å²) in [6.07, 6.45) is 2.27. The van der Waals surface area contributed by atoms with Gasteiger partial charge in [0.1, 0.15) is 0 Å². The highest BCUT2D eigenvalue weighted by molar-refractivity contribution is 7.03. The largest absolute Gasteiger partial charge is 0.353 e. The number of amides is 2. The van der Waals surface area contributed by atoms with Crippen molar-refractivity contribution in [1.29, 1.82) is 0 Å². The van der Waals surface area contributed by atoms with Gasteiger partial charge >= 0.3 is 0 Å². The number of hydrogen-bond donors (Lipinski definition) is 1. The molecule has 2 aliphatic heterocycles. The van der Waals surface area contributed by atoms with Gasteiger partial charge in [-0.15, -0.1) is 5.10 Å². The maximum atomic E-state index is 12.1. The zero-order valence-electron chi connectivity index (χ0n) is 9.83. The van der Waals surface area contributed by atoms with Crippen LogP contribution < -0.4 is 5.32 Å². The van der Waals surface area contributed by atoms with Crippen LogP contribution in [0.4, 0.5) is 0 Å². The number of carbonyl (C=O) groups excluding carboxylic acids is 2. The molecule has 0 bridgehead atoms. The number of hydrogen-bond acceptors (Lipinski definition) is 5. The Morgan fingerprint density at radius 3 is 3.17 bits per heavy atom. The molecule has 2 amide bonds. The fourth-order valence-corrected chi connectivity index (χ4v) is 3.14. The number of nitrogens with one attached hydrogen (secondary N) is 1. The molecule has 2 saturated heterocycles. The summed E-state index contributed by atoms with van der Waals surface area (Å²) >= 11 is 1.19. The molecule has 0 aromatic carbocycles. The standard InChI is InChI=1S/C11H14N4O2S/c16-10-2-1-7-5-15(4-3-8(7)12-10)11(17)9-6-18-14-13-9/h6-8H,1-5H2,(H,12,16). The van der Waals surface area contributed by atoms with E-state index in [9.17, 15) is 9.59 Å².